The molecular formula is C10H9ClF2O2S. The van der Waals surface area contributed by atoms with E-state index in [0.717, 1.165) is 18.2 Å². The van der Waals surface area contributed by atoms with Gasteiger partial charge in [0.05, 0.1) is 5.75 Å². The van der Waals surface area contributed by atoms with Gasteiger partial charge in [-0.15, -0.1) is 0 Å². The summed E-state index contributed by atoms with van der Waals surface area (Å²) in [6, 6.07) is 3.05. The highest BCUT2D eigenvalue weighted by Gasteiger charge is 2.03. The number of hydrogen-bond acceptors (Lipinski definition) is 2. The second kappa shape index (κ2) is 5.41. The van der Waals surface area contributed by atoms with E-state index in [1.54, 1.807) is 0 Å². The minimum atomic E-state index is -3.54. The van der Waals surface area contributed by atoms with Gasteiger partial charge in [0.25, 0.3) is 0 Å². The molecule has 1 aromatic carbocycles. The van der Waals surface area contributed by atoms with Crippen molar-refractivity contribution in [1.82, 2.24) is 0 Å². The Bertz CT molecular complexity index is 498. The number of benzene rings is 1. The molecule has 0 aliphatic carbocycles. The van der Waals surface area contributed by atoms with Crippen molar-refractivity contribution >= 4 is 25.8 Å². The van der Waals surface area contributed by atoms with Gasteiger partial charge < -0.3 is 0 Å². The zero-order valence-corrected chi connectivity index (χ0v) is 9.73. The Hall–Kier alpha value is -0.940. The van der Waals surface area contributed by atoms with Gasteiger partial charge in [-0.1, -0.05) is 12.2 Å². The molecule has 0 amide bonds. The topological polar surface area (TPSA) is 34.1 Å². The van der Waals surface area contributed by atoms with E-state index in [1.807, 2.05) is 0 Å². The summed E-state index contributed by atoms with van der Waals surface area (Å²) in [7, 11) is 1.43. The highest BCUT2D eigenvalue weighted by atomic mass is 35.7. The van der Waals surface area contributed by atoms with E-state index in [1.165, 1.54) is 12.2 Å². The van der Waals surface area contributed by atoms with Crippen LogP contribution < -0.4 is 0 Å². The first kappa shape index (κ1) is 13.1. The van der Waals surface area contributed by atoms with Crippen LogP contribution in [0.1, 0.15) is 12.0 Å². The molecule has 0 saturated carbocycles. The minimum absolute atomic E-state index is 0.0759. The molecule has 0 bridgehead atoms. The van der Waals surface area contributed by atoms with E-state index < -0.39 is 20.7 Å². The molecule has 6 heteroatoms. The van der Waals surface area contributed by atoms with Crippen LogP contribution in [0.3, 0.4) is 0 Å². The van der Waals surface area contributed by atoms with Gasteiger partial charge in [0.1, 0.15) is 11.6 Å². The summed E-state index contributed by atoms with van der Waals surface area (Å²) in [5.74, 6) is -1.35. The Morgan fingerprint density at radius 1 is 1.31 bits per heavy atom. The lowest BCUT2D eigenvalue weighted by Gasteiger charge is -1.96. The fourth-order valence-electron chi connectivity index (χ4n) is 1.06. The lowest BCUT2D eigenvalue weighted by Crippen LogP contribution is -1.94. The van der Waals surface area contributed by atoms with Crippen LogP contribution in [-0.2, 0) is 9.05 Å². The van der Waals surface area contributed by atoms with Gasteiger partial charge in [-0.3, -0.25) is 0 Å². The minimum Gasteiger partial charge on any atom is -0.212 e. The van der Waals surface area contributed by atoms with Gasteiger partial charge in [-0.2, -0.15) is 0 Å². The molecule has 0 N–H and O–H groups in total. The van der Waals surface area contributed by atoms with E-state index >= 15 is 0 Å². The van der Waals surface area contributed by atoms with Gasteiger partial charge in [0.15, 0.2) is 0 Å². The van der Waals surface area contributed by atoms with E-state index in [0.29, 0.717) is 0 Å². The van der Waals surface area contributed by atoms with Crippen LogP contribution in [0, 0.1) is 11.6 Å². The number of hydrogen-bond donors (Lipinski definition) is 0. The standard InChI is InChI=1S/C10H9ClF2O2S/c11-16(14,15)6-2-1-3-8-7-9(12)4-5-10(8)13/h1,3-5,7H,2,6H2/b3-1+. The van der Waals surface area contributed by atoms with Crippen molar-refractivity contribution < 1.29 is 17.2 Å². The van der Waals surface area contributed by atoms with Crippen LogP contribution in [0.2, 0.25) is 0 Å². The molecule has 0 spiro atoms. The summed E-state index contributed by atoms with van der Waals surface area (Å²) in [5.41, 5.74) is 0.0759. The average Bonchev–Trinajstić information content (AvgIpc) is 2.16. The number of rotatable bonds is 4. The molecule has 2 nitrogen and oxygen atoms in total. The van der Waals surface area contributed by atoms with Crippen LogP contribution in [0.15, 0.2) is 24.3 Å². The average molecular weight is 267 g/mol. The van der Waals surface area contributed by atoms with Gasteiger partial charge in [-0.25, -0.2) is 17.2 Å². The Labute approximate surface area is 97.0 Å². The van der Waals surface area contributed by atoms with E-state index in [2.05, 4.69) is 0 Å². The third-order valence-corrected chi connectivity index (χ3v) is 2.97. The Morgan fingerprint density at radius 3 is 2.62 bits per heavy atom. The Kier molecular flexibility index (Phi) is 4.44. The van der Waals surface area contributed by atoms with Crippen molar-refractivity contribution in [2.45, 2.75) is 6.42 Å². The SMILES string of the molecule is O=S(=O)(Cl)CC/C=C/c1cc(F)ccc1F. The zero-order valence-electron chi connectivity index (χ0n) is 8.16. The highest BCUT2D eigenvalue weighted by molar-refractivity contribution is 8.13. The molecule has 1 aromatic rings. The third kappa shape index (κ3) is 4.72. The van der Waals surface area contributed by atoms with Gasteiger partial charge in [0, 0.05) is 16.2 Å². The molecule has 0 radical (unpaired) electrons. The molecule has 0 atom stereocenters. The van der Waals surface area contributed by atoms with E-state index in [-0.39, 0.29) is 17.7 Å². The molecule has 88 valence electrons. The maximum atomic E-state index is 13.1. The first-order chi connectivity index (χ1) is 7.38. The molecule has 0 fully saturated rings. The van der Waals surface area contributed by atoms with Crippen LogP contribution in [-0.4, -0.2) is 14.2 Å². The molecule has 1 rings (SSSR count). The fourth-order valence-corrected chi connectivity index (χ4v) is 1.75. The summed E-state index contributed by atoms with van der Waals surface area (Å²) in [4.78, 5) is 0. The maximum Gasteiger partial charge on any atom is 0.232 e. The van der Waals surface area contributed by atoms with Crippen molar-refractivity contribution in [2.24, 2.45) is 0 Å². The first-order valence-electron chi connectivity index (χ1n) is 4.42. The Balaban J connectivity index is 2.66. The summed E-state index contributed by atoms with van der Waals surface area (Å²) >= 11 is 0. The largest absolute Gasteiger partial charge is 0.232 e. The van der Waals surface area contributed by atoms with E-state index in [9.17, 15) is 17.2 Å². The molecule has 16 heavy (non-hydrogen) atoms. The second-order valence-corrected chi connectivity index (χ2v) is 6.00. The quantitative estimate of drug-likeness (QED) is 0.785. The van der Waals surface area contributed by atoms with Crippen LogP contribution in [0.25, 0.3) is 6.08 Å². The summed E-state index contributed by atoms with van der Waals surface area (Å²) in [6.45, 7) is 0. The summed E-state index contributed by atoms with van der Waals surface area (Å²) in [6.07, 6.45) is 2.90. The molecule has 0 heterocycles. The number of halogens is 3. The predicted molar refractivity (Wildman–Crippen MR) is 59.6 cm³/mol. The highest BCUT2D eigenvalue weighted by Crippen LogP contribution is 2.12. The second-order valence-electron chi connectivity index (χ2n) is 3.10. The van der Waals surface area contributed by atoms with Crippen molar-refractivity contribution in [1.29, 1.82) is 0 Å². The van der Waals surface area contributed by atoms with Crippen molar-refractivity contribution in [3.63, 3.8) is 0 Å². The smallest absolute Gasteiger partial charge is 0.212 e. The normalized spacial score (nSPS) is 12.2. The monoisotopic (exact) mass is 266 g/mol. The fraction of sp³-hybridized carbons (Fsp3) is 0.200. The van der Waals surface area contributed by atoms with E-state index in [4.69, 9.17) is 10.7 Å². The van der Waals surface area contributed by atoms with Gasteiger partial charge in [-0.05, 0) is 24.6 Å². The first-order valence-corrected chi connectivity index (χ1v) is 6.90. The molecule has 0 aromatic heterocycles. The third-order valence-electron chi connectivity index (χ3n) is 1.78. The summed E-state index contributed by atoms with van der Waals surface area (Å²) < 4.78 is 46.9. The number of allylic oxidation sites excluding steroid dienone is 1. The van der Waals surface area contributed by atoms with Crippen molar-refractivity contribution in [3.05, 3.63) is 41.5 Å². The Morgan fingerprint density at radius 2 is 2.00 bits per heavy atom. The van der Waals surface area contributed by atoms with Crippen molar-refractivity contribution in [3.8, 4) is 0 Å². The molecule has 0 aliphatic heterocycles. The molecular weight excluding hydrogens is 258 g/mol. The molecule has 0 unspecified atom stereocenters. The van der Waals surface area contributed by atoms with Crippen LogP contribution in [0.4, 0.5) is 8.78 Å². The van der Waals surface area contributed by atoms with Gasteiger partial charge >= 0.3 is 0 Å². The molecule has 0 saturated heterocycles. The predicted octanol–water partition coefficient (Wildman–Crippen LogP) is 2.94. The van der Waals surface area contributed by atoms with Gasteiger partial charge in [0.2, 0.25) is 9.05 Å². The van der Waals surface area contributed by atoms with Crippen LogP contribution in [0.5, 0.6) is 0 Å². The zero-order chi connectivity index (χ0) is 12.2. The maximum absolute atomic E-state index is 13.1. The summed E-state index contributed by atoms with van der Waals surface area (Å²) in [5, 5.41) is 0. The van der Waals surface area contributed by atoms with Crippen LogP contribution >= 0.6 is 10.7 Å². The molecule has 0 aliphatic rings. The lowest BCUT2D eigenvalue weighted by atomic mass is 10.2. The lowest BCUT2D eigenvalue weighted by molar-refractivity contribution is 0.598. The van der Waals surface area contributed by atoms with Crippen molar-refractivity contribution in [2.75, 3.05) is 5.75 Å².